The number of nitrogens with one attached hydrogen (secondary N) is 1. The van der Waals surface area contributed by atoms with Gasteiger partial charge in [0.2, 0.25) is 5.91 Å². The number of nitrogens with zero attached hydrogens (tertiary/aromatic N) is 2. The summed E-state index contributed by atoms with van der Waals surface area (Å²) in [5.74, 6) is 0.407. The number of aromatic nitrogens is 1. The Kier molecular flexibility index (Phi) is 2.55. The molecule has 1 heterocycles. The minimum atomic E-state index is -0.651. The number of amides is 1. The van der Waals surface area contributed by atoms with Crippen LogP contribution in [0.4, 0.5) is 11.5 Å². The van der Waals surface area contributed by atoms with E-state index < -0.39 is 5.54 Å². The van der Waals surface area contributed by atoms with Crippen LogP contribution in [0.5, 0.6) is 0 Å². The summed E-state index contributed by atoms with van der Waals surface area (Å²) in [5.41, 5.74) is 6.11. The first-order chi connectivity index (χ1) is 7.51. The van der Waals surface area contributed by atoms with Gasteiger partial charge in [-0.05, 0) is 25.0 Å². The van der Waals surface area contributed by atoms with Gasteiger partial charge in [0, 0.05) is 14.1 Å². The minimum absolute atomic E-state index is 0.141. The summed E-state index contributed by atoms with van der Waals surface area (Å²) in [5, 5.41) is 2.72. The molecule has 0 unspecified atom stereocenters. The number of pyridine rings is 1. The average molecular weight is 220 g/mol. The molecule has 0 aliphatic heterocycles. The molecule has 5 nitrogen and oxygen atoms in total. The number of rotatable bonds is 3. The Balaban J connectivity index is 2.02. The highest BCUT2D eigenvalue weighted by molar-refractivity contribution is 5.99. The molecule has 0 aromatic carbocycles. The maximum absolute atomic E-state index is 11.6. The summed E-state index contributed by atoms with van der Waals surface area (Å²) in [6, 6.07) is 3.68. The van der Waals surface area contributed by atoms with Crippen molar-refractivity contribution in [3.05, 3.63) is 18.3 Å². The van der Waals surface area contributed by atoms with Crippen LogP contribution in [0.25, 0.3) is 0 Å². The van der Waals surface area contributed by atoms with Crippen molar-refractivity contribution in [1.29, 1.82) is 0 Å². The van der Waals surface area contributed by atoms with Gasteiger partial charge >= 0.3 is 0 Å². The molecule has 3 N–H and O–H groups in total. The molecule has 86 valence electrons. The van der Waals surface area contributed by atoms with E-state index in [0.29, 0.717) is 5.82 Å². The van der Waals surface area contributed by atoms with Crippen LogP contribution in [0.1, 0.15) is 12.8 Å². The molecule has 0 radical (unpaired) electrons. The second-order valence-electron chi connectivity index (χ2n) is 4.41. The number of hydrogen-bond donors (Lipinski definition) is 2. The van der Waals surface area contributed by atoms with E-state index in [2.05, 4.69) is 10.3 Å². The van der Waals surface area contributed by atoms with Gasteiger partial charge < -0.3 is 16.0 Å². The van der Waals surface area contributed by atoms with Crippen molar-refractivity contribution in [1.82, 2.24) is 4.98 Å². The fraction of sp³-hybridized carbons (Fsp3) is 0.455. The van der Waals surface area contributed by atoms with E-state index in [4.69, 9.17) is 5.73 Å². The monoisotopic (exact) mass is 220 g/mol. The molecule has 1 aromatic heterocycles. The van der Waals surface area contributed by atoms with E-state index >= 15 is 0 Å². The molecule has 1 aliphatic carbocycles. The zero-order valence-corrected chi connectivity index (χ0v) is 9.53. The number of anilines is 2. The molecular formula is C11H16N4O. The van der Waals surface area contributed by atoms with Crippen molar-refractivity contribution in [2.75, 3.05) is 24.3 Å². The molecule has 0 bridgehead atoms. The first-order valence-corrected chi connectivity index (χ1v) is 5.25. The summed E-state index contributed by atoms with van der Waals surface area (Å²) in [4.78, 5) is 17.7. The molecule has 1 saturated carbocycles. The zero-order valence-electron chi connectivity index (χ0n) is 9.53. The topological polar surface area (TPSA) is 71.2 Å². The smallest absolute Gasteiger partial charge is 0.245 e. The third kappa shape index (κ3) is 2.14. The lowest BCUT2D eigenvalue weighted by atomic mass is 10.2. The molecular weight excluding hydrogens is 204 g/mol. The third-order valence-electron chi connectivity index (χ3n) is 2.75. The van der Waals surface area contributed by atoms with E-state index in [0.717, 1.165) is 18.5 Å². The Hall–Kier alpha value is -1.62. The largest absolute Gasteiger partial charge is 0.376 e. The maximum Gasteiger partial charge on any atom is 0.245 e. The van der Waals surface area contributed by atoms with Gasteiger partial charge in [-0.2, -0.15) is 0 Å². The SMILES string of the molecule is CN(C)c1ccc(NC(=O)C2(N)CC2)nc1. The lowest BCUT2D eigenvalue weighted by molar-refractivity contribution is -0.118. The van der Waals surface area contributed by atoms with Gasteiger partial charge in [0.1, 0.15) is 5.82 Å². The molecule has 2 rings (SSSR count). The van der Waals surface area contributed by atoms with Crippen molar-refractivity contribution < 1.29 is 4.79 Å². The van der Waals surface area contributed by atoms with Crippen LogP contribution in [-0.4, -0.2) is 30.5 Å². The van der Waals surface area contributed by atoms with E-state index in [1.54, 1.807) is 12.3 Å². The highest BCUT2D eigenvalue weighted by Gasteiger charge is 2.46. The molecule has 0 atom stereocenters. The average Bonchev–Trinajstić information content (AvgIpc) is 2.99. The first-order valence-electron chi connectivity index (χ1n) is 5.25. The van der Waals surface area contributed by atoms with E-state index in [-0.39, 0.29) is 5.91 Å². The summed E-state index contributed by atoms with van der Waals surface area (Å²) >= 11 is 0. The maximum atomic E-state index is 11.6. The summed E-state index contributed by atoms with van der Waals surface area (Å²) in [6.45, 7) is 0. The van der Waals surface area contributed by atoms with E-state index in [1.807, 2.05) is 25.1 Å². The highest BCUT2D eigenvalue weighted by Crippen LogP contribution is 2.33. The van der Waals surface area contributed by atoms with Gasteiger partial charge in [-0.25, -0.2) is 4.98 Å². The van der Waals surface area contributed by atoms with Crippen molar-refractivity contribution in [3.63, 3.8) is 0 Å². The molecule has 0 spiro atoms. The molecule has 1 amide bonds. The molecule has 1 fully saturated rings. The van der Waals surface area contributed by atoms with Crippen LogP contribution < -0.4 is 16.0 Å². The van der Waals surface area contributed by atoms with Crippen molar-refractivity contribution in [2.24, 2.45) is 5.73 Å². The van der Waals surface area contributed by atoms with Crippen LogP contribution in [0.15, 0.2) is 18.3 Å². The quantitative estimate of drug-likeness (QED) is 0.781. The standard InChI is InChI=1S/C11H16N4O/c1-15(2)8-3-4-9(13-7-8)14-10(16)11(12)5-6-11/h3-4,7H,5-6,12H2,1-2H3,(H,13,14,16). The van der Waals surface area contributed by atoms with Crippen LogP contribution in [-0.2, 0) is 4.79 Å². The molecule has 1 aliphatic rings. The van der Waals surface area contributed by atoms with Gasteiger partial charge in [-0.15, -0.1) is 0 Å². The predicted octanol–water partition coefficient (Wildman–Crippen LogP) is 0.577. The van der Waals surface area contributed by atoms with Gasteiger partial charge in [0.25, 0.3) is 0 Å². The van der Waals surface area contributed by atoms with Crippen LogP contribution >= 0.6 is 0 Å². The molecule has 5 heteroatoms. The molecule has 1 aromatic rings. The van der Waals surface area contributed by atoms with Crippen LogP contribution in [0.2, 0.25) is 0 Å². The number of nitrogens with two attached hydrogens (primary N) is 1. The number of carbonyl (C=O) groups excluding carboxylic acids is 1. The summed E-state index contributed by atoms with van der Waals surface area (Å²) < 4.78 is 0. The molecule has 0 saturated heterocycles. The van der Waals surface area contributed by atoms with Crippen molar-refractivity contribution in [3.8, 4) is 0 Å². The number of carbonyl (C=O) groups is 1. The van der Waals surface area contributed by atoms with E-state index in [1.165, 1.54) is 0 Å². The lowest BCUT2D eigenvalue weighted by Gasteiger charge is -2.13. The van der Waals surface area contributed by atoms with Crippen molar-refractivity contribution >= 4 is 17.4 Å². The van der Waals surface area contributed by atoms with Gasteiger partial charge in [0.15, 0.2) is 0 Å². The van der Waals surface area contributed by atoms with Crippen molar-refractivity contribution in [2.45, 2.75) is 18.4 Å². The Morgan fingerprint density at radius 3 is 2.62 bits per heavy atom. The normalized spacial score (nSPS) is 16.7. The van der Waals surface area contributed by atoms with Crippen LogP contribution in [0.3, 0.4) is 0 Å². The fourth-order valence-corrected chi connectivity index (χ4v) is 1.33. The number of hydrogen-bond acceptors (Lipinski definition) is 4. The van der Waals surface area contributed by atoms with Gasteiger partial charge in [-0.3, -0.25) is 4.79 Å². The Morgan fingerprint density at radius 1 is 1.50 bits per heavy atom. The summed E-state index contributed by atoms with van der Waals surface area (Å²) in [7, 11) is 3.88. The Bertz CT molecular complexity index is 395. The Morgan fingerprint density at radius 2 is 2.19 bits per heavy atom. The Labute approximate surface area is 94.6 Å². The fourth-order valence-electron chi connectivity index (χ4n) is 1.33. The zero-order chi connectivity index (χ0) is 11.8. The summed E-state index contributed by atoms with van der Waals surface area (Å²) in [6.07, 6.45) is 3.23. The van der Waals surface area contributed by atoms with Crippen LogP contribution in [0, 0.1) is 0 Å². The first kappa shape index (κ1) is 10.9. The lowest BCUT2D eigenvalue weighted by Crippen LogP contribution is -2.38. The molecule has 16 heavy (non-hydrogen) atoms. The third-order valence-corrected chi connectivity index (χ3v) is 2.75. The van der Waals surface area contributed by atoms with E-state index in [9.17, 15) is 4.79 Å². The second-order valence-corrected chi connectivity index (χ2v) is 4.41. The highest BCUT2D eigenvalue weighted by atomic mass is 16.2. The van der Waals surface area contributed by atoms with Gasteiger partial charge in [0.05, 0.1) is 17.4 Å². The minimum Gasteiger partial charge on any atom is -0.376 e. The predicted molar refractivity (Wildman–Crippen MR) is 63.3 cm³/mol. The van der Waals surface area contributed by atoms with Gasteiger partial charge in [-0.1, -0.05) is 0 Å². The second kappa shape index (κ2) is 3.75.